The highest BCUT2D eigenvalue weighted by atomic mass is 16.6. The van der Waals surface area contributed by atoms with Crippen LogP contribution in [-0.4, -0.2) is 26.4 Å². The van der Waals surface area contributed by atoms with Gasteiger partial charge in [-0.3, -0.25) is 14.8 Å². The Hall–Kier alpha value is -1.43. The first-order chi connectivity index (χ1) is 8.65. The Bertz CT molecular complexity index is 402. The molecule has 1 heterocycles. The SMILES string of the molecule is CCc1nn(CCCCCO)c(CC)c1[N+](=O)[O-]. The third-order valence-corrected chi connectivity index (χ3v) is 2.98. The number of rotatable bonds is 8. The Kier molecular flexibility index (Phi) is 5.77. The van der Waals surface area contributed by atoms with Crippen LogP contribution in [0.5, 0.6) is 0 Å². The van der Waals surface area contributed by atoms with E-state index < -0.39 is 0 Å². The maximum absolute atomic E-state index is 11.1. The molecule has 1 aromatic heterocycles. The fraction of sp³-hybridized carbons (Fsp3) is 0.750. The number of hydrogen-bond acceptors (Lipinski definition) is 4. The van der Waals surface area contributed by atoms with Gasteiger partial charge in [-0.05, 0) is 32.1 Å². The number of nitrogens with zero attached hydrogens (tertiary/aromatic N) is 3. The van der Waals surface area contributed by atoms with Crippen molar-refractivity contribution >= 4 is 5.69 Å². The minimum atomic E-state index is -0.325. The van der Waals surface area contributed by atoms with Crippen LogP contribution < -0.4 is 0 Å². The second kappa shape index (κ2) is 7.10. The lowest BCUT2D eigenvalue weighted by Crippen LogP contribution is -2.06. The van der Waals surface area contributed by atoms with E-state index in [-0.39, 0.29) is 17.2 Å². The minimum Gasteiger partial charge on any atom is -0.396 e. The van der Waals surface area contributed by atoms with E-state index in [4.69, 9.17) is 5.11 Å². The molecule has 1 N–H and O–H groups in total. The van der Waals surface area contributed by atoms with Gasteiger partial charge in [-0.2, -0.15) is 5.10 Å². The van der Waals surface area contributed by atoms with Crippen LogP contribution in [0, 0.1) is 10.1 Å². The Morgan fingerprint density at radius 1 is 1.28 bits per heavy atom. The van der Waals surface area contributed by atoms with Crippen molar-refractivity contribution < 1.29 is 10.0 Å². The fourth-order valence-electron chi connectivity index (χ4n) is 2.08. The number of aliphatic hydroxyl groups is 1. The third kappa shape index (κ3) is 3.29. The van der Waals surface area contributed by atoms with Gasteiger partial charge in [0, 0.05) is 13.2 Å². The fourth-order valence-corrected chi connectivity index (χ4v) is 2.08. The predicted octanol–water partition coefficient (Wildman–Crippen LogP) is 2.08. The molecule has 1 aromatic rings. The van der Waals surface area contributed by atoms with Crippen LogP contribution in [-0.2, 0) is 19.4 Å². The smallest absolute Gasteiger partial charge is 0.313 e. The molecule has 0 aliphatic rings. The van der Waals surface area contributed by atoms with Crippen LogP contribution in [0.25, 0.3) is 0 Å². The summed E-state index contributed by atoms with van der Waals surface area (Å²) in [5.74, 6) is 0. The van der Waals surface area contributed by atoms with Crippen LogP contribution in [0.1, 0.15) is 44.5 Å². The summed E-state index contributed by atoms with van der Waals surface area (Å²) >= 11 is 0. The first-order valence-electron chi connectivity index (χ1n) is 6.49. The maximum Gasteiger partial charge on any atom is 0.313 e. The van der Waals surface area contributed by atoms with Crippen molar-refractivity contribution in [3.05, 3.63) is 21.5 Å². The lowest BCUT2D eigenvalue weighted by molar-refractivity contribution is -0.386. The van der Waals surface area contributed by atoms with Crippen molar-refractivity contribution in [3.8, 4) is 0 Å². The van der Waals surface area contributed by atoms with E-state index in [9.17, 15) is 10.1 Å². The van der Waals surface area contributed by atoms with Crippen molar-refractivity contribution in [1.29, 1.82) is 0 Å². The Labute approximate surface area is 107 Å². The number of aromatic nitrogens is 2. The molecule has 6 heteroatoms. The average molecular weight is 255 g/mol. The molecule has 0 saturated heterocycles. The van der Waals surface area contributed by atoms with E-state index in [0.717, 1.165) is 19.3 Å². The molecule has 0 spiro atoms. The lowest BCUT2D eigenvalue weighted by Gasteiger charge is -2.04. The summed E-state index contributed by atoms with van der Waals surface area (Å²) in [5, 5.41) is 24.1. The summed E-state index contributed by atoms with van der Waals surface area (Å²) in [4.78, 5) is 10.7. The largest absolute Gasteiger partial charge is 0.396 e. The zero-order chi connectivity index (χ0) is 13.5. The molecule has 0 atom stereocenters. The maximum atomic E-state index is 11.1. The summed E-state index contributed by atoms with van der Waals surface area (Å²) in [6.45, 7) is 4.67. The molecule has 0 bridgehead atoms. The summed E-state index contributed by atoms with van der Waals surface area (Å²) in [6, 6.07) is 0. The van der Waals surface area contributed by atoms with Gasteiger partial charge in [0.15, 0.2) is 0 Å². The van der Waals surface area contributed by atoms with E-state index in [1.165, 1.54) is 0 Å². The van der Waals surface area contributed by atoms with Crippen LogP contribution in [0.3, 0.4) is 0 Å². The number of unbranched alkanes of at least 4 members (excludes halogenated alkanes) is 2. The molecule has 18 heavy (non-hydrogen) atoms. The van der Waals surface area contributed by atoms with Gasteiger partial charge in [0.1, 0.15) is 11.4 Å². The predicted molar refractivity (Wildman–Crippen MR) is 68.6 cm³/mol. The molecule has 0 aromatic carbocycles. The van der Waals surface area contributed by atoms with Crippen LogP contribution >= 0.6 is 0 Å². The second-order valence-electron chi connectivity index (χ2n) is 4.21. The molecular formula is C12H21N3O3. The zero-order valence-corrected chi connectivity index (χ0v) is 11.1. The molecular weight excluding hydrogens is 234 g/mol. The minimum absolute atomic E-state index is 0.183. The summed E-state index contributed by atoms with van der Waals surface area (Å²) in [7, 11) is 0. The average Bonchev–Trinajstić information content (AvgIpc) is 2.72. The monoisotopic (exact) mass is 255 g/mol. The highest BCUT2D eigenvalue weighted by molar-refractivity contribution is 5.41. The highest BCUT2D eigenvalue weighted by Gasteiger charge is 2.24. The van der Waals surface area contributed by atoms with Gasteiger partial charge in [-0.25, -0.2) is 0 Å². The first kappa shape index (κ1) is 14.6. The standard InChI is InChI=1S/C12H21N3O3/c1-3-10-12(15(17)18)11(4-2)14(13-10)8-6-5-7-9-16/h16H,3-9H2,1-2H3. The Balaban J connectivity index is 2.87. The highest BCUT2D eigenvalue weighted by Crippen LogP contribution is 2.25. The zero-order valence-electron chi connectivity index (χ0n) is 11.1. The summed E-state index contributed by atoms with van der Waals surface area (Å²) < 4.78 is 1.76. The molecule has 6 nitrogen and oxygen atoms in total. The van der Waals surface area contributed by atoms with Crippen LogP contribution in [0.4, 0.5) is 5.69 Å². The van der Waals surface area contributed by atoms with Crippen molar-refractivity contribution in [2.75, 3.05) is 6.61 Å². The molecule has 0 radical (unpaired) electrons. The number of aryl methyl sites for hydroxylation is 2. The molecule has 0 unspecified atom stereocenters. The van der Waals surface area contributed by atoms with Gasteiger partial charge >= 0.3 is 5.69 Å². The van der Waals surface area contributed by atoms with E-state index in [2.05, 4.69) is 5.10 Å². The molecule has 0 aliphatic heterocycles. The number of nitro groups is 1. The normalized spacial score (nSPS) is 10.8. The summed E-state index contributed by atoms with van der Waals surface area (Å²) in [6.07, 6.45) is 3.76. The van der Waals surface area contributed by atoms with Gasteiger partial charge < -0.3 is 5.11 Å². The van der Waals surface area contributed by atoms with Gasteiger partial charge in [-0.15, -0.1) is 0 Å². The molecule has 0 fully saturated rings. The van der Waals surface area contributed by atoms with Gasteiger partial charge in [0.2, 0.25) is 0 Å². The second-order valence-corrected chi connectivity index (χ2v) is 4.21. The van der Waals surface area contributed by atoms with E-state index in [0.29, 0.717) is 30.8 Å². The molecule has 0 aliphatic carbocycles. The van der Waals surface area contributed by atoms with E-state index in [1.54, 1.807) is 4.68 Å². The summed E-state index contributed by atoms with van der Waals surface area (Å²) in [5.41, 5.74) is 1.46. The van der Waals surface area contributed by atoms with Gasteiger partial charge in [0.25, 0.3) is 0 Å². The lowest BCUT2D eigenvalue weighted by atomic mass is 10.2. The van der Waals surface area contributed by atoms with Gasteiger partial charge in [-0.1, -0.05) is 13.8 Å². The van der Waals surface area contributed by atoms with Crippen molar-refractivity contribution in [1.82, 2.24) is 9.78 Å². The quantitative estimate of drug-likeness (QED) is 0.438. The van der Waals surface area contributed by atoms with Crippen molar-refractivity contribution in [2.45, 2.75) is 52.5 Å². The van der Waals surface area contributed by atoms with Gasteiger partial charge in [0.05, 0.1) is 4.92 Å². The molecule has 1 rings (SSSR count). The first-order valence-corrected chi connectivity index (χ1v) is 6.49. The van der Waals surface area contributed by atoms with Crippen molar-refractivity contribution in [2.24, 2.45) is 0 Å². The molecule has 0 saturated carbocycles. The molecule has 0 amide bonds. The van der Waals surface area contributed by atoms with E-state index in [1.807, 2.05) is 13.8 Å². The third-order valence-electron chi connectivity index (χ3n) is 2.98. The Morgan fingerprint density at radius 3 is 2.50 bits per heavy atom. The number of aliphatic hydroxyl groups excluding tert-OH is 1. The van der Waals surface area contributed by atoms with Crippen molar-refractivity contribution in [3.63, 3.8) is 0 Å². The molecule has 102 valence electrons. The topological polar surface area (TPSA) is 81.2 Å². The Morgan fingerprint density at radius 2 is 2.00 bits per heavy atom. The number of hydrogen-bond donors (Lipinski definition) is 1. The van der Waals surface area contributed by atoms with Crippen LogP contribution in [0.2, 0.25) is 0 Å². The van der Waals surface area contributed by atoms with E-state index >= 15 is 0 Å². The van der Waals surface area contributed by atoms with Crippen LogP contribution in [0.15, 0.2) is 0 Å².